The average molecular weight is 331 g/mol. The lowest BCUT2D eigenvalue weighted by molar-refractivity contribution is -0.134. The lowest BCUT2D eigenvalue weighted by Crippen LogP contribution is -2.50. The standard InChI is InChI=1S/C12H15ClN4O5/c13-10-6-11(15-3-14-10)17(4-16-6)7-5(1-18)12(22,2-19)9(21)8(7)20/h3-5,7-9,18-22H,1-2H2/t5?,7?,8-,9+,12+/m0/s1. The molecule has 5 N–H and O–H groups in total. The maximum atomic E-state index is 10.4. The maximum Gasteiger partial charge on any atom is 0.165 e. The minimum absolute atomic E-state index is 0.120. The molecule has 0 amide bonds. The van der Waals surface area contributed by atoms with E-state index in [-0.39, 0.29) is 10.8 Å². The summed E-state index contributed by atoms with van der Waals surface area (Å²) in [5.41, 5.74) is -1.45. The SMILES string of the molecule is OCC1C(n2cnc3c(Cl)ncnc32)[C@H](O)[C@@H](O)[C@@]1(O)CO. The summed E-state index contributed by atoms with van der Waals surface area (Å²) < 4.78 is 1.41. The minimum Gasteiger partial charge on any atom is -0.396 e. The Bertz CT molecular complexity index is 697. The quantitative estimate of drug-likeness (QED) is 0.410. The molecule has 9 nitrogen and oxygen atoms in total. The Morgan fingerprint density at radius 3 is 2.59 bits per heavy atom. The van der Waals surface area contributed by atoms with Crippen molar-refractivity contribution < 1.29 is 25.5 Å². The van der Waals surface area contributed by atoms with Gasteiger partial charge >= 0.3 is 0 Å². The summed E-state index contributed by atoms with van der Waals surface area (Å²) in [6.07, 6.45) is -0.514. The summed E-state index contributed by atoms with van der Waals surface area (Å²) in [4.78, 5) is 11.9. The van der Waals surface area contributed by atoms with Gasteiger partial charge in [-0.05, 0) is 0 Å². The molecule has 0 bridgehead atoms. The smallest absolute Gasteiger partial charge is 0.165 e. The van der Waals surface area contributed by atoms with Crippen LogP contribution < -0.4 is 0 Å². The van der Waals surface area contributed by atoms with Crippen molar-refractivity contribution in [1.82, 2.24) is 19.5 Å². The van der Waals surface area contributed by atoms with Crippen LogP contribution in [0.3, 0.4) is 0 Å². The van der Waals surface area contributed by atoms with Gasteiger partial charge in [-0.3, -0.25) is 0 Å². The number of rotatable bonds is 3. The fraction of sp³-hybridized carbons (Fsp3) is 0.583. The van der Waals surface area contributed by atoms with Crippen LogP contribution >= 0.6 is 11.6 Å². The van der Waals surface area contributed by atoms with E-state index in [4.69, 9.17) is 11.6 Å². The highest BCUT2D eigenvalue weighted by Gasteiger charge is 2.59. The molecule has 0 aromatic carbocycles. The molecule has 1 saturated carbocycles. The van der Waals surface area contributed by atoms with Crippen LogP contribution in [0, 0.1) is 5.92 Å². The minimum atomic E-state index is -2.04. The molecule has 0 aliphatic heterocycles. The molecule has 2 aromatic rings. The Labute approximate surface area is 129 Å². The van der Waals surface area contributed by atoms with Crippen molar-refractivity contribution >= 4 is 22.8 Å². The van der Waals surface area contributed by atoms with Gasteiger partial charge in [-0.2, -0.15) is 0 Å². The monoisotopic (exact) mass is 330 g/mol. The Morgan fingerprint density at radius 1 is 1.23 bits per heavy atom. The summed E-state index contributed by atoms with van der Waals surface area (Å²) in [6.45, 7) is -1.37. The molecule has 22 heavy (non-hydrogen) atoms. The normalized spacial score (nSPS) is 35.4. The molecular formula is C12H15ClN4O5. The molecular weight excluding hydrogens is 316 g/mol. The first-order valence-corrected chi connectivity index (χ1v) is 6.96. The van der Waals surface area contributed by atoms with Gasteiger partial charge in [0.1, 0.15) is 29.7 Å². The predicted molar refractivity (Wildman–Crippen MR) is 74.0 cm³/mol. The summed E-state index contributed by atoms with van der Waals surface area (Å²) in [5, 5.41) is 49.8. The van der Waals surface area contributed by atoms with Crippen LogP contribution in [0.2, 0.25) is 5.15 Å². The van der Waals surface area contributed by atoms with E-state index in [1.165, 1.54) is 17.2 Å². The third-order valence-electron chi connectivity index (χ3n) is 4.33. The highest BCUT2D eigenvalue weighted by molar-refractivity contribution is 6.33. The van der Waals surface area contributed by atoms with E-state index in [0.29, 0.717) is 5.52 Å². The zero-order chi connectivity index (χ0) is 16.1. The van der Waals surface area contributed by atoms with E-state index in [0.717, 1.165) is 0 Å². The van der Waals surface area contributed by atoms with E-state index in [9.17, 15) is 25.5 Å². The van der Waals surface area contributed by atoms with Crippen molar-refractivity contribution in [3.05, 3.63) is 17.8 Å². The molecule has 120 valence electrons. The van der Waals surface area contributed by atoms with Crippen LogP contribution in [-0.2, 0) is 0 Å². The average Bonchev–Trinajstić information content (AvgIpc) is 3.02. The van der Waals surface area contributed by atoms with Crippen molar-refractivity contribution in [2.24, 2.45) is 5.92 Å². The van der Waals surface area contributed by atoms with Crippen molar-refractivity contribution in [3.63, 3.8) is 0 Å². The first kappa shape index (κ1) is 15.5. The Morgan fingerprint density at radius 2 is 1.95 bits per heavy atom. The van der Waals surface area contributed by atoms with E-state index >= 15 is 0 Å². The number of hydrogen-bond donors (Lipinski definition) is 5. The van der Waals surface area contributed by atoms with E-state index in [1.807, 2.05) is 0 Å². The lowest BCUT2D eigenvalue weighted by atomic mass is 9.89. The number of aliphatic hydroxyl groups is 5. The first-order valence-electron chi connectivity index (χ1n) is 6.59. The maximum absolute atomic E-state index is 10.4. The van der Waals surface area contributed by atoms with Crippen LogP contribution in [0.25, 0.3) is 11.2 Å². The zero-order valence-electron chi connectivity index (χ0n) is 11.3. The number of hydrogen-bond acceptors (Lipinski definition) is 8. The Hall–Kier alpha value is -1.36. The van der Waals surface area contributed by atoms with Crippen molar-refractivity contribution in [3.8, 4) is 0 Å². The van der Waals surface area contributed by atoms with Gasteiger partial charge in [0.25, 0.3) is 0 Å². The third kappa shape index (κ3) is 1.94. The summed E-state index contributed by atoms with van der Waals surface area (Å²) in [6, 6.07) is -0.937. The van der Waals surface area contributed by atoms with Gasteiger partial charge in [0, 0.05) is 5.92 Å². The zero-order valence-corrected chi connectivity index (χ0v) is 12.0. The third-order valence-corrected chi connectivity index (χ3v) is 4.60. The van der Waals surface area contributed by atoms with Crippen LogP contribution in [0.1, 0.15) is 6.04 Å². The molecule has 0 saturated heterocycles. The van der Waals surface area contributed by atoms with Gasteiger partial charge in [-0.1, -0.05) is 11.6 Å². The van der Waals surface area contributed by atoms with Gasteiger partial charge in [-0.15, -0.1) is 0 Å². The molecule has 2 unspecified atom stereocenters. The first-order chi connectivity index (χ1) is 10.5. The Balaban J connectivity index is 2.15. The topological polar surface area (TPSA) is 145 Å². The number of halogens is 1. The van der Waals surface area contributed by atoms with Gasteiger partial charge in [0.05, 0.1) is 25.6 Å². The van der Waals surface area contributed by atoms with Crippen LogP contribution in [0.15, 0.2) is 12.7 Å². The largest absolute Gasteiger partial charge is 0.396 e. The second-order valence-electron chi connectivity index (χ2n) is 5.35. The lowest BCUT2D eigenvalue weighted by Gasteiger charge is -2.30. The molecule has 0 radical (unpaired) electrons. The molecule has 2 aromatic heterocycles. The van der Waals surface area contributed by atoms with Crippen LogP contribution in [0.5, 0.6) is 0 Å². The van der Waals surface area contributed by atoms with Gasteiger partial charge in [0.2, 0.25) is 0 Å². The van der Waals surface area contributed by atoms with Gasteiger partial charge < -0.3 is 30.1 Å². The molecule has 0 spiro atoms. The molecule has 1 fully saturated rings. The second kappa shape index (κ2) is 5.37. The number of aliphatic hydroxyl groups excluding tert-OH is 4. The number of imidazole rings is 1. The van der Waals surface area contributed by atoms with Gasteiger partial charge in [-0.25, -0.2) is 15.0 Å². The molecule has 10 heteroatoms. The van der Waals surface area contributed by atoms with Crippen molar-refractivity contribution in [2.75, 3.05) is 13.2 Å². The van der Waals surface area contributed by atoms with E-state index in [2.05, 4.69) is 15.0 Å². The second-order valence-corrected chi connectivity index (χ2v) is 5.71. The van der Waals surface area contributed by atoms with E-state index in [1.54, 1.807) is 0 Å². The number of nitrogens with zero attached hydrogens (tertiary/aromatic N) is 4. The summed E-state index contributed by atoms with van der Waals surface area (Å²) in [7, 11) is 0. The fourth-order valence-electron chi connectivity index (χ4n) is 3.11. The van der Waals surface area contributed by atoms with Crippen LogP contribution in [0.4, 0.5) is 0 Å². The summed E-state index contributed by atoms with van der Waals surface area (Å²) >= 11 is 5.92. The van der Waals surface area contributed by atoms with E-state index < -0.39 is 43.0 Å². The van der Waals surface area contributed by atoms with Gasteiger partial charge in [0.15, 0.2) is 10.8 Å². The molecule has 3 rings (SSSR count). The number of aromatic nitrogens is 4. The fourth-order valence-corrected chi connectivity index (χ4v) is 3.29. The highest BCUT2D eigenvalue weighted by atomic mass is 35.5. The predicted octanol–water partition coefficient (Wildman–Crippen LogP) is -1.91. The van der Waals surface area contributed by atoms with Crippen LogP contribution in [-0.4, -0.2) is 76.1 Å². The molecule has 1 aliphatic carbocycles. The highest BCUT2D eigenvalue weighted by Crippen LogP contribution is 2.44. The molecule has 5 atom stereocenters. The van der Waals surface area contributed by atoms with Crippen molar-refractivity contribution in [2.45, 2.75) is 23.9 Å². The number of fused-ring (bicyclic) bond motifs is 1. The van der Waals surface area contributed by atoms with Crippen molar-refractivity contribution in [1.29, 1.82) is 0 Å². The molecule has 1 aliphatic rings. The Kier molecular flexibility index (Phi) is 3.79. The molecule has 2 heterocycles. The summed E-state index contributed by atoms with van der Waals surface area (Å²) in [5.74, 6) is -1.02.